The van der Waals surface area contributed by atoms with Crippen LogP contribution in [0, 0.1) is 23.7 Å². The molecule has 3 aromatic heterocycles. The molecule has 0 saturated heterocycles. The van der Waals surface area contributed by atoms with E-state index >= 15 is 0 Å². The zero-order chi connectivity index (χ0) is 46.2. The third-order valence-electron chi connectivity index (χ3n) is 11.7. The molecule has 63 heavy (non-hydrogen) atoms. The number of cyclic esters (lactones) is 1. The highest BCUT2D eigenvalue weighted by atomic mass is 16.6. The first-order valence-corrected chi connectivity index (χ1v) is 21.6. The number of oxazole rings is 3. The number of Topliss-reactive ketones (excluding diaryl/α,β-unsaturated/α-hetero) is 2. The van der Waals surface area contributed by atoms with Crippen molar-refractivity contribution in [1.82, 2.24) is 19.9 Å². The molecule has 4 heterocycles. The van der Waals surface area contributed by atoms with Gasteiger partial charge in [-0.25, -0.2) is 15.0 Å². The van der Waals surface area contributed by atoms with E-state index in [1.807, 2.05) is 33.8 Å². The quantitative estimate of drug-likeness (QED) is 0.118. The first kappa shape index (κ1) is 50.4. The highest BCUT2D eigenvalue weighted by Gasteiger charge is 2.35. The predicted molar refractivity (Wildman–Crippen MR) is 229 cm³/mol. The van der Waals surface area contributed by atoms with E-state index in [4.69, 9.17) is 32.2 Å². The standard InChI is InChI=1S/C46H64N4O13/c1-27(16-17-38(55)30(4)44(62-32(6)52)28(2)18-19-50(7)26-51)40(58-9)22-41-31(5)39(57-8)14-11-15-42-47-36(24-59-42)45-49-37(25-61-45)46-48-35(23-60-46)29(3)20-33(53)12-10-13-34(54)21-43(56)63-41/h11,15,18-19,23-31,34,39-41,44,54H,10,12-14,16-17,20-22H2,1-9H3/t27-,28+,29+,30+,31-,34+,39+,40+,41+,44-/m1/s1. The molecule has 4 rings (SSSR count). The lowest BCUT2D eigenvalue weighted by atomic mass is 9.84. The fraction of sp³-hybridized carbons (Fsp3) is 0.609. The van der Waals surface area contributed by atoms with E-state index in [-0.39, 0.29) is 85.5 Å². The number of methoxy groups -OCH3 is 2. The van der Waals surface area contributed by atoms with Crippen molar-refractivity contribution in [3.8, 4) is 23.2 Å². The first-order valence-electron chi connectivity index (χ1n) is 21.6. The number of fused-ring (bicyclic) bond motifs is 8. The summed E-state index contributed by atoms with van der Waals surface area (Å²) >= 11 is 0. The minimum atomic E-state index is -1.03. The summed E-state index contributed by atoms with van der Waals surface area (Å²) in [6.45, 7) is 10.6. The number of ether oxygens (including phenoxy) is 4. The average Bonchev–Trinajstić information content (AvgIpc) is 4.05. The van der Waals surface area contributed by atoms with Gasteiger partial charge in [-0.15, -0.1) is 0 Å². The summed E-state index contributed by atoms with van der Waals surface area (Å²) in [7, 11) is 4.72. The lowest BCUT2D eigenvalue weighted by Crippen LogP contribution is -2.39. The van der Waals surface area contributed by atoms with E-state index in [1.54, 1.807) is 46.5 Å². The molecular weight excluding hydrogens is 817 g/mol. The van der Waals surface area contributed by atoms with Crippen LogP contribution in [0.3, 0.4) is 0 Å². The van der Waals surface area contributed by atoms with Crippen LogP contribution >= 0.6 is 0 Å². The summed E-state index contributed by atoms with van der Waals surface area (Å²) < 4.78 is 40.6. The fourth-order valence-electron chi connectivity index (χ4n) is 7.64. The Morgan fingerprint density at radius 3 is 2.40 bits per heavy atom. The van der Waals surface area contributed by atoms with Crippen molar-refractivity contribution in [3.63, 3.8) is 0 Å². The number of aliphatic hydroxyl groups is 1. The van der Waals surface area contributed by atoms with Crippen LogP contribution in [0.1, 0.15) is 117 Å². The number of carbonyl (C=O) groups is 5. The van der Waals surface area contributed by atoms with Crippen LogP contribution in [-0.4, -0.2) is 107 Å². The smallest absolute Gasteiger partial charge is 0.308 e. The van der Waals surface area contributed by atoms with Gasteiger partial charge in [0.25, 0.3) is 0 Å². The van der Waals surface area contributed by atoms with E-state index in [9.17, 15) is 29.1 Å². The maximum Gasteiger partial charge on any atom is 0.308 e. The van der Waals surface area contributed by atoms with Crippen LogP contribution in [0.15, 0.2) is 50.4 Å². The third-order valence-corrected chi connectivity index (χ3v) is 11.7. The summed E-state index contributed by atoms with van der Waals surface area (Å²) in [5.74, 6) is -2.28. The number of aromatic nitrogens is 3. The van der Waals surface area contributed by atoms with Gasteiger partial charge in [0, 0.05) is 77.8 Å². The van der Waals surface area contributed by atoms with Gasteiger partial charge in [-0.2, -0.15) is 0 Å². The highest BCUT2D eigenvalue weighted by Crippen LogP contribution is 2.31. The van der Waals surface area contributed by atoms with Crippen LogP contribution in [0.2, 0.25) is 0 Å². The normalized spacial score (nSPS) is 23.1. The Kier molecular flexibility index (Phi) is 19.6. The number of esters is 2. The molecule has 1 aliphatic rings. The molecule has 6 bridgehead atoms. The molecule has 0 radical (unpaired) electrons. The van der Waals surface area contributed by atoms with Gasteiger partial charge in [0.2, 0.25) is 24.1 Å². The van der Waals surface area contributed by atoms with Crippen LogP contribution in [0.4, 0.5) is 0 Å². The van der Waals surface area contributed by atoms with E-state index < -0.39 is 48.4 Å². The number of aliphatic hydroxyl groups excluding tert-OH is 1. The molecule has 0 unspecified atom stereocenters. The maximum atomic E-state index is 13.6. The number of nitrogens with zero attached hydrogens (tertiary/aromatic N) is 4. The maximum absolute atomic E-state index is 13.6. The van der Waals surface area contributed by atoms with Crippen LogP contribution in [0.25, 0.3) is 29.2 Å². The van der Waals surface area contributed by atoms with Crippen LogP contribution in [0.5, 0.6) is 0 Å². The fourth-order valence-corrected chi connectivity index (χ4v) is 7.64. The Labute approximate surface area is 369 Å². The SMILES string of the molecule is CO[C@H]1CC=Cc2nc(co2)-c2nc(co2)-c2nc(co2)[C@@H](C)CC(=O)CCC[C@H](O)CC(=O)O[C@@H](C[C@H](OC)[C@H](C)CCC(=O)[C@H](C)[C@H](OC(C)=O)[C@@H](C)C=CN(C)C=O)[C@@H]1C. The lowest BCUT2D eigenvalue weighted by Gasteiger charge is -2.34. The summed E-state index contributed by atoms with van der Waals surface area (Å²) in [4.78, 5) is 77.9. The number of rotatable bonds is 15. The van der Waals surface area contributed by atoms with Crippen LogP contribution in [-0.2, 0) is 42.9 Å². The van der Waals surface area contributed by atoms with Gasteiger partial charge in [-0.3, -0.25) is 24.0 Å². The monoisotopic (exact) mass is 880 g/mol. The molecule has 1 amide bonds. The lowest BCUT2D eigenvalue weighted by molar-refractivity contribution is -0.160. The molecule has 17 heteroatoms. The Balaban J connectivity index is 1.51. The molecule has 0 fully saturated rings. The molecule has 1 aliphatic heterocycles. The van der Waals surface area contributed by atoms with E-state index in [1.165, 1.54) is 30.6 Å². The van der Waals surface area contributed by atoms with Crippen molar-refractivity contribution >= 4 is 36.0 Å². The third kappa shape index (κ3) is 15.2. The molecule has 346 valence electrons. The molecule has 1 N–H and O–H groups in total. The summed E-state index contributed by atoms with van der Waals surface area (Å²) in [5, 5.41) is 10.9. The summed E-state index contributed by atoms with van der Waals surface area (Å²) in [6, 6.07) is 0. The average molecular weight is 881 g/mol. The molecule has 0 saturated carbocycles. The number of ketones is 2. The van der Waals surface area contributed by atoms with Gasteiger partial charge < -0.3 is 42.2 Å². The minimum absolute atomic E-state index is 0.0167. The van der Waals surface area contributed by atoms with Crippen molar-refractivity contribution in [2.75, 3.05) is 21.3 Å². The Bertz CT molecular complexity index is 2000. The summed E-state index contributed by atoms with van der Waals surface area (Å²) in [5.41, 5.74) is 1.30. The number of hydrogen-bond donors (Lipinski definition) is 1. The Morgan fingerprint density at radius 1 is 1.00 bits per heavy atom. The number of carbonyl (C=O) groups excluding carboxylic acids is 5. The van der Waals surface area contributed by atoms with Crippen molar-refractivity contribution in [3.05, 3.63) is 48.7 Å². The second kappa shape index (κ2) is 24.5. The first-order chi connectivity index (χ1) is 30.0. The van der Waals surface area contributed by atoms with E-state index in [2.05, 4.69) is 15.0 Å². The van der Waals surface area contributed by atoms with Crippen molar-refractivity contribution in [2.45, 2.75) is 136 Å². The molecule has 17 nitrogen and oxygen atoms in total. The Morgan fingerprint density at radius 2 is 1.70 bits per heavy atom. The molecule has 0 spiro atoms. The van der Waals surface area contributed by atoms with Gasteiger partial charge in [0.05, 0.1) is 36.3 Å². The van der Waals surface area contributed by atoms with Gasteiger partial charge in [0.1, 0.15) is 42.6 Å². The zero-order valence-corrected chi connectivity index (χ0v) is 37.9. The molecule has 0 aromatic carbocycles. The predicted octanol–water partition coefficient (Wildman–Crippen LogP) is 7.14. The largest absolute Gasteiger partial charge is 0.462 e. The van der Waals surface area contributed by atoms with E-state index in [0.29, 0.717) is 48.6 Å². The van der Waals surface area contributed by atoms with Gasteiger partial charge >= 0.3 is 11.9 Å². The van der Waals surface area contributed by atoms with Gasteiger partial charge in [-0.1, -0.05) is 46.8 Å². The number of hydrogen-bond acceptors (Lipinski definition) is 16. The van der Waals surface area contributed by atoms with Gasteiger partial charge in [-0.05, 0) is 37.7 Å². The summed E-state index contributed by atoms with van der Waals surface area (Å²) in [6.07, 6.45) is 10.4. The minimum Gasteiger partial charge on any atom is -0.462 e. The Hall–Kier alpha value is -5.26. The van der Waals surface area contributed by atoms with E-state index in [0.717, 1.165) is 0 Å². The van der Waals surface area contributed by atoms with Crippen molar-refractivity contribution in [1.29, 1.82) is 0 Å². The topological polar surface area (TPSA) is 224 Å². The van der Waals surface area contributed by atoms with Crippen molar-refractivity contribution in [2.24, 2.45) is 23.7 Å². The molecular formula is C46H64N4O13. The highest BCUT2D eigenvalue weighted by molar-refractivity contribution is 5.82. The second-order valence-electron chi connectivity index (χ2n) is 16.7. The zero-order valence-electron chi connectivity index (χ0n) is 37.9. The van der Waals surface area contributed by atoms with Crippen LogP contribution < -0.4 is 0 Å². The van der Waals surface area contributed by atoms with Gasteiger partial charge in [0.15, 0.2) is 11.4 Å². The second-order valence-corrected chi connectivity index (χ2v) is 16.7. The van der Waals surface area contributed by atoms with Crippen molar-refractivity contribution < 1.29 is 61.3 Å². The molecule has 3 aromatic rings. The molecule has 0 aliphatic carbocycles. The number of amides is 1. The molecule has 10 atom stereocenters.